The third kappa shape index (κ3) is 1.75. The average Bonchev–Trinajstić information content (AvgIpc) is 3.04. The summed E-state index contributed by atoms with van der Waals surface area (Å²) in [6.45, 7) is 0. The number of pyridine rings is 1. The molecule has 5 heteroatoms. The first-order valence-corrected chi connectivity index (χ1v) is 7.53. The van der Waals surface area contributed by atoms with E-state index in [4.69, 9.17) is 16.1 Å². The van der Waals surface area contributed by atoms with Crippen LogP contribution in [0.3, 0.4) is 0 Å². The zero-order valence-corrected chi connectivity index (χ0v) is 12.2. The van der Waals surface area contributed by atoms with Crippen molar-refractivity contribution in [3.05, 3.63) is 41.4 Å². The fraction of sp³-hybridized carbons (Fsp3) is 0.235. The summed E-state index contributed by atoms with van der Waals surface area (Å²) in [5.41, 5.74) is 11.8. The Bertz CT molecular complexity index is 920. The number of allylic oxidation sites excluding steroid dienone is 1. The molecule has 0 fully saturated rings. The lowest BCUT2D eigenvalue weighted by Crippen LogP contribution is -2.10. The van der Waals surface area contributed by atoms with Gasteiger partial charge in [0.1, 0.15) is 0 Å². The molecule has 110 valence electrons. The minimum atomic E-state index is 0.687. The molecule has 1 aromatic carbocycles. The van der Waals surface area contributed by atoms with Crippen molar-refractivity contribution in [2.24, 2.45) is 5.73 Å². The number of benzene rings is 1. The largest absolute Gasteiger partial charge is 0.404 e. The van der Waals surface area contributed by atoms with Crippen LogP contribution in [-0.2, 0) is 12.8 Å². The van der Waals surface area contributed by atoms with Gasteiger partial charge in [0, 0.05) is 28.8 Å². The number of fused-ring (bicyclic) bond motifs is 5. The number of nitrogens with zero attached hydrogens (tertiary/aromatic N) is 2. The summed E-state index contributed by atoms with van der Waals surface area (Å²) >= 11 is 0. The Labute approximate surface area is 127 Å². The van der Waals surface area contributed by atoms with Gasteiger partial charge in [0.2, 0.25) is 0 Å². The van der Waals surface area contributed by atoms with Gasteiger partial charge in [-0.15, -0.1) is 0 Å². The molecule has 2 aromatic heterocycles. The first-order valence-electron chi connectivity index (χ1n) is 7.53. The molecule has 3 aromatic rings. The van der Waals surface area contributed by atoms with E-state index in [-0.39, 0.29) is 0 Å². The molecule has 4 rings (SSSR count). The smallest absolute Gasteiger partial charge is 0.0774 e. The van der Waals surface area contributed by atoms with Crippen molar-refractivity contribution in [2.75, 3.05) is 0 Å². The molecule has 0 atom stereocenters. The van der Waals surface area contributed by atoms with Crippen LogP contribution >= 0.6 is 0 Å². The minimum absolute atomic E-state index is 0.687. The summed E-state index contributed by atoms with van der Waals surface area (Å²) in [6.07, 6.45) is 9.03. The molecule has 4 N–H and O–H groups in total. The average molecular weight is 291 g/mol. The Hall–Kier alpha value is -2.69. The topological polar surface area (TPSA) is 91.4 Å². The molecule has 0 unspecified atom stereocenters. The second-order valence-electron chi connectivity index (χ2n) is 5.68. The fourth-order valence-corrected chi connectivity index (χ4v) is 3.48. The van der Waals surface area contributed by atoms with Gasteiger partial charge in [-0.2, -0.15) is 5.10 Å². The molecular weight excluding hydrogens is 274 g/mol. The van der Waals surface area contributed by atoms with E-state index in [9.17, 15) is 0 Å². The monoisotopic (exact) mass is 291 g/mol. The van der Waals surface area contributed by atoms with Gasteiger partial charge in [0.05, 0.1) is 22.9 Å². The number of hydrogen-bond donors (Lipinski definition) is 3. The number of nitrogens with one attached hydrogen (secondary N) is 2. The van der Waals surface area contributed by atoms with Crippen molar-refractivity contribution in [3.8, 4) is 0 Å². The summed E-state index contributed by atoms with van der Waals surface area (Å²) in [6, 6.07) is 4.03. The van der Waals surface area contributed by atoms with Crippen LogP contribution < -0.4 is 5.73 Å². The van der Waals surface area contributed by atoms with Crippen molar-refractivity contribution in [2.45, 2.75) is 25.7 Å². The second-order valence-corrected chi connectivity index (χ2v) is 5.68. The molecule has 1 aliphatic rings. The predicted molar refractivity (Wildman–Crippen MR) is 89.0 cm³/mol. The van der Waals surface area contributed by atoms with E-state index < -0.39 is 0 Å². The molecule has 0 saturated heterocycles. The van der Waals surface area contributed by atoms with Crippen molar-refractivity contribution in [3.63, 3.8) is 0 Å². The molecule has 0 aliphatic heterocycles. The van der Waals surface area contributed by atoms with Crippen LogP contribution in [0, 0.1) is 5.41 Å². The molecule has 0 saturated carbocycles. The Balaban J connectivity index is 2.16. The number of aryl methyl sites for hydroxylation is 1. The zero-order chi connectivity index (χ0) is 15.1. The Morgan fingerprint density at radius 2 is 2.05 bits per heavy atom. The van der Waals surface area contributed by atoms with Crippen LogP contribution in [0.4, 0.5) is 0 Å². The van der Waals surface area contributed by atoms with Crippen molar-refractivity contribution in [1.82, 2.24) is 15.2 Å². The molecule has 2 heterocycles. The van der Waals surface area contributed by atoms with Crippen LogP contribution in [0.5, 0.6) is 0 Å². The molecule has 0 radical (unpaired) electrons. The molecule has 22 heavy (non-hydrogen) atoms. The van der Waals surface area contributed by atoms with Gasteiger partial charge in [-0.25, -0.2) is 4.98 Å². The maximum Gasteiger partial charge on any atom is 0.0774 e. The molecule has 1 aliphatic carbocycles. The van der Waals surface area contributed by atoms with Gasteiger partial charge >= 0.3 is 0 Å². The number of hydrogen-bond acceptors (Lipinski definition) is 4. The predicted octanol–water partition coefficient (Wildman–Crippen LogP) is 2.94. The molecule has 5 nitrogen and oxygen atoms in total. The molecule has 0 spiro atoms. The number of H-pyrrole nitrogens is 1. The summed E-state index contributed by atoms with van der Waals surface area (Å²) in [5, 5.41) is 17.1. The van der Waals surface area contributed by atoms with Gasteiger partial charge in [-0.1, -0.05) is 0 Å². The number of rotatable bonds is 2. The lowest BCUT2D eigenvalue weighted by Gasteiger charge is -2.21. The Morgan fingerprint density at radius 1 is 1.23 bits per heavy atom. The van der Waals surface area contributed by atoms with Crippen LogP contribution in [0.1, 0.15) is 29.7 Å². The van der Waals surface area contributed by atoms with E-state index in [2.05, 4.69) is 10.2 Å². The zero-order valence-electron chi connectivity index (χ0n) is 12.2. The third-order valence-corrected chi connectivity index (χ3v) is 4.50. The normalized spacial score (nSPS) is 15.2. The van der Waals surface area contributed by atoms with E-state index in [0.717, 1.165) is 41.4 Å². The van der Waals surface area contributed by atoms with E-state index >= 15 is 0 Å². The Morgan fingerprint density at radius 3 is 2.82 bits per heavy atom. The van der Waals surface area contributed by atoms with E-state index in [1.807, 2.05) is 18.3 Å². The standard InChI is InChI=1S/C17H17N5/c18-7-10(8-19)17-12-4-2-1-3-11(12)16-13-9-20-22-14(13)5-6-15(16)21-17/h5-9,18H,1-4,19H2,(H,20,22)/b10-8+,18-7?. The fourth-order valence-electron chi connectivity index (χ4n) is 3.48. The highest BCUT2D eigenvalue weighted by Crippen LogP contribution is 2.35. The SMILES string of the molecule is N=C/C(=C\N)c1nc2ccc3[nH]ncc3c2c2c1CCCC2. The first kappa shape index (κ1) is 13.0. The van der Waals surface area contributed by atoms with Gasteiger partial charge < -0.3 is 11.1 Å². The van der Waals surface area contributed by atoms with E-state index in [1.165, 1.54) is 35.3 Å². The van der Waals surface area contributed by atoms with Crippen LogP contribution in [-0.4, -0.2) is 21.4 Å². The molecule has 0 amide bonds. The second kappa shape index (κ2) is 4.94. The number of aromatic nitrogens is 3. The van der Waals surface area contributed by atoms with Crippen molar-refractivity contribution >= 4 is 33.6 Å². The van der Waals surface area contributed by atoms with Gasteiger partial charge in [-0.05, 0) is 48.9 Å². The number of aromatic amines is 1. The lowest BCUT2D eigenvalue weighted by atomic mass is 9.85. The highest BCUT2D eigenvalue weighted by molar-refractivity contribution is 6.11. The Kier molecular flexibility index (Phi) is 2.92. The summed E-state index contributed by atoms with van der Waals surface area (Å²) in [7, 11) is 0. The maximum atomic E-state index is 7.60. The lowest BCUT2D eigenvalue weighted by molar-refractivity contribution is 0.686. The van der Waals surface area contributed by atoms with Crippen molar-refractivity contribution in [1.29, 1.82) is 5.41 Å². The highest BCUT2D eigenvalue weighted by Gasteiger charge is 2.21. The maximum absolute atomic E-state index is 7.60. The van der Waals surface area contributed by atoms with Crippen LogP contribution in [0.25, 0.3) is 27.4 Å². The molecular formula is C17H17N5. The van der Waals surface area contributed by atoms with Crippen LogP contribution in [0.15, 0.2) is 24.5 Å². The van der Waals surface area contributed by atoms with Crippen molar-refractivity contribution < 1.29 is 0 Å². The quantitative estimate of drug-likeness (QED) is 0.634. The summed E-state index contributed by atoms with van der Waals surface area (Å²) in [4.78, 5) is 4.82. The minimum Gasteiger partial charge on any atom is -0.404 e. The van der Waals surface area contributed by atoms with Gasteiger partial charge in [0.25, 0.3) is 0 Å². The van der Waals surface area contributed by atoms with E-state index in [0.29, 0.717) is 5.57 Å². The summed E-state index contributed by atoms with van der Waals surface area (Å²) < 4.78 is 0. The van der Waals surface area contributed by atoms with E-state index in [1.54, 1.807) is 0 Å². The first-order chi connectivity index (χ1) is 10.8. The number of nitrogens with two attached hydrogens (primary N) is 1. The van der Waals surface area contributed by atoms with Gasteiger partial charge in [-0.3, -0.25) is 5.10 Å². The molecule has 0 bridgehead atoms. The third-order valence-electron chi connectivity index (χ3n) is 4.50. The highest BCUT2D eigenvalue weighted by atomic mass is 15.1. The van der Waals surface area contributed by atoms with Gasteiger partial charge in [0.15, 0.2) is 0 Å². The van der Waals surface area contributed by atoms with Crippen LogP contribution in [0.2, 0.25) is 0 Å². The summed E-state index contributed by atoms with van der Waals surface area (Å²) in [5.74, 6) is 0.